The van der Waals surface area contributed by atoms with Gasteiger partial charge in [0, 0.05) is 26.1 Å². The van der Waals surface area contributed by atoms with E-state index in [1.165, 1.54) is 6.92 Å². The molecule has 0 radical (unpaired) electrons. The van der Waals surface area contributed by atoms with E-state index in [1.54, 1.807) is 92.6 Å². The van der Waals surface area contributed by atoms with E-state index in [2.05, 4.69) is 47.9 Å². The highest BCUT2D eigenvalue weighted by atomic mass is 16.6. The molecule has 0 aliphatic carbocycles. The number of ether oxygens (including phenoxy) is 2. The third-order valence-corrected chi connectivity index (χ3v) is 10.1. The second-order valence-electron chi connectivity index (χ2n) is 19.3. The Labute approximate surface area is 399 Å². The molecule has 8 atom stereocenters. The zero-order valence-electron chi connectivity index (χ0n) is 41.2. The van der Waals surface area contributed by atoms with Gasteiger partial charge in [-0.05, 0) is 92.1 Å². The fraction of sp³-hybridized carbons (Fsp3) is 0.674. The maximum atomic E-state index is 14.4. The Hall–Kier alpha value is -6.03. The van der Waals surface area contributed by atoms with Gasteiger partial charge in [0.25, 0.3) is 0 Å². The summed E-state index contributed by atoms with van der Waals surface area (Å²) in [6, 6.07) is -0.825. The van der Waals surface area contributed by atoms with E-state index in [9.17, 15) is 48.3 Å². The number of benzene rings is 1. The Morgan fingerprint density at radius 1 is 0.647 bits per heavy atom. The molecular formula is C46H76N10O12. The molecule has 0 saturated carbocycles. The van der Waals surface area contributed by atoms with Crippen LogP contribution < -0.4 is 53.6 Å². The van der Waals surface area contributed by atoms with Gasteiger partial charge in [-0.2, -0.15) is 0 Å². The number of alkyl carbamates (subject to hydrolysis) is 2. The zero-order chi connectivity index (χ0) is 51.4. The number of carbonyl (C=O) groups is 9. The predicted octanol–water partition coefficient (Wildman–Crippen LogP) is 0.0417. The lowest BCUT2D eigenvalue weighted by molar-refractivity contribution is -0.136. The molecule has 2 rings (SSSR count). The number of nitrogens with one attached hydrogen (secondary N) is 9. The topological polar surface area (TPSA) is 327 Å². The van der Waals surface area contributed by atoms with Crippen LogP contribution in [0.15, 0.2) is 30.3 Å². The molecule has 1 saturated heterocycles. The van der Waals surface area contributed by atoms with E-state index in [-0.39, 0.29) is 64.1 Å². The Bertz CT molecular complexity index is 1870. The summed E-state index contributed by atoms with van der Waals surface area (Å²) in [5, 5.41) is 34.0. The number of aliphatic hydroxyl groups excluding tert-OH is 1. The van der Waals surface area contributed by atoms with E-state index in [4.69, 9.17) is 15.2 Å². The molecule has 9 amide bonds. The van der Waals surface area contributed by atoms with E-state index in [0.717, 1.165) is 0 Å². The van der Waals surface area contributed by atoms with Crippen molar-refractivity contribution in [1.82, 2.24) is 47.9 Å². The molecular weight excluding hydrogens is 885 g/mol. The number of carbonyl (C=O) groups excluding carboxylic acids is 9. The van der Waals surface area contributed by atoms with Gasteiger partial charge in [-0.1, -0.05) is 57.5 Å². The molecule has 1 aromatic rings. The van der Waals surface area contributed by atoms with E-state index >= 15 is 0 Å². The number of nitrogens with two attached hydrogens (primary N) is 1. The molecule has 1 aromatic carbocycles. The van der Waals surface area contributed by atoms with Crippen molar-refractivity contribution in [3.63, 3.8) is 0 Å². The molecule has 382 valence electrons. The molecule has 0 unspecified atom stereocenters. The molecule has 68 heavy (non-hydrogen) atoms. The summed E-state index contributed by atoms with van der Waals surface area (Å²) in [5.74, 6) is -5.94. The monoisotopic (exact) mass is 961 g/mol. The van der Waals surface area contributed by atoms with Crippen LogP contribution in [0.1, 0.15) is 113 Å². The van der Waals surface area contributed by atoms with Crippen LogP contribution in [-0.2, 0) is 49.5 Å². The SMILES string of the molecule is CCC[C@@H]1NC(=O)[C@H](CCNC(=O)OC(C)(C)C)NC(=O)[C@H](CC(C)C)NC(=O)[C@@H](Cc2ccccc2)NC(=O)[C@H](CCNC(=O)OC(C)(C)C)NC(=O)[C@@H](N)CCNC(=O)[C@H]([C@@H](C)O)NC1=O. The smallest absolute Gasteiger partial charge is 0.407 e. The van der Waals surface area contributed by atoms with Crippen LogP contribution in [0.25, 0.3) is 0 Å². The van der Waals surface area contributed by atoms with Gasteiger partial charge in [0.1, 0.15) is 47.5 Å². The van der Waals surface area contributed by atoms with E-state index in [0.29, 0.717) is 12.0 Å². The van der Waals surface area contributed by atoms with Crippen LogP contribution in [0, 0.1) is 5.92 Å². The summed E-state index contributed by atoms with van der Waals surface area (Å²) < 4.78 is 10.6. The van der Waals surface area contributed by atoms with Crippen LogP contribution in [0.2, 0.25) is 0 Å². The van der Waals surface area contributed by atoms with Crippen LogP contribution in [0.5, 0.6) is 0 Å². The van der Waals surface area contributed by atoms with Gasteiger partial charge in [-0.3, -0.25) is 33.6 Å². The predicted molar refractivity (Wildman–Crippen MR) is 251 cm³/mol. The summed E-state index contributed by atoms with van der Waals surface area (Å²) >= 11 is 0. The van der Waals surface area contributed by atoms with Gasteiger partial charge in [-0.15, -0.1) is 0 Å². The number of aliphatic hydroxyl groups is 1. The standard InChI is InChI=1S/C46H76N10O12/c1-11-15-30-39(61)56-35(27(4)57)42(64)48-21-18-29(47)36(58)51-31(19-22-49-43(65)67-45(5,6)7)38(60)55-34(25-28-16-13-12-14-17-28)41(63)54-33(24-26(2)3)40(62)53-32(37(59)52-30)20-23-50-44(66)68-46(8,9)10/h12-14,16-17,26-27,29-35,57H,11,15,18-25,47H2,1-10H3,(H,48,64)(H,49,65)(H,50,66)(H,51,58)(H,52,59)(H,53,62)(H,54,63)(H,55,60)(H,56,61)/t27-,29+,30+,31+,32+,33+,34-,35+/m1/s1. The molecule has 12 N–H and O–H groups in total. The van der Waals surface area contributed by atoms with Crippen molar-refractivity contribution in [2.75, 3.05) is 19.6 Å². The fourth-order valence-electron chi connectivity index (χ4n) is 6.74. The van der Waals surface area contributed by atoms with Gasteiger partial charge < -0.3 is 68.2 Å². The van der Waals surface area contributed by atoms with Crippen molar-refractivity contribution in [3.8, 4) is 0 Å². The maximum absolute atomic E-state index is 14.4. The molecule has 1 aliphatic rings. The number of rotatable bonds is 13. The molecule has 1 fully saturated rings. The normalized spacial score (nSPS) is 23.8. The van der Waals surface area contributed by atoms with Crippen molar-refractivity contribution in [2.45, 2.75) is 174 Å². The number of hydrogen-bond donors (Lipinski definition) is 11. The highest BCUT2D eigenvalue weighted by Gasteiger charge is 2.35. The largest absolute Gasteiger partial charge is 0.444 e. The molecule has 1 aliphatic heterocycles. The molecule has 1 heterocycles. The zero-order valence-corrected chi connectivity index (χ0v) is 41.2. The number of amides is 9. The Morgan fingerprint density at radius 2 is 1.07 bits per heavy atom. The average Bonchev–Trinajstić information content (AvgIpc) is 3.22. The summed E-state index contributed by atoms with van der Waals surface area (Å²) in [6.45, 7) is 16.1. The minimum absolute atomic E-state index is 0.0602. The molecule has 0 bridgehead atoms. The minimum Gasteiger partial charge on any atom is -0.444 e. The van der Waals surface area contributed by atoms with Gasteiger partial charge in [-0.25, -0.2) is 9.59 Å². The fourth-order valence-corrected chi connectivity index (χ4v) is 6.74. The van der Waals surface area contributed by atoms with Crippen LogP contribution in [0.4, 0.5) is 9.59 Å². The lowest BCUT2D eigenvalue weighted by Gasteiger charge is -2.28. The second-order valence-corrected chi connectivity index (χ2v) is 19.3. The molecule has 0 spiro atoms. The van der Waals surface area contributed by atoms with Crippen LogP contribution in [0.3, 0.4) is 0 Å². The Balaban J connectivity index is 2.68. The Kier molecular flexibility index (Phi) is 23.7. The summed E-state index contributed by atoms with van der Waals surface area (Å²) in [5.41, 5.74) is 5.18. The van der Waals surface area contributed by atoms with Crippen molar-refractivity contribution in [3.05, 3.63) is 35.9 Å². The van der Waals surface area contributed by atoms with Crippen LogP contribution >= 0.6 is 0 Å². The first kappa shape index (κ1) is 58.1. The second kappa shape index (κ2) is 27.7. The third kappa shape index (κ3) is 22.2. The van der Waals surface area contributed by atoms with Gasteiger partial charge >= 0.3 is 12.2 Å². The lowest BCUT2D eigenvalue weighted by Crippen LogP contribution is -2.61. The first-order valence-corrected chi connectivity index (χ1v) is 23.2. The highest BCUT2D eigenvalue weighted by molar-refractivity contribution is 5.97. The summed E-state index contributed by atoms with van der Waals surface area (Å²) in [6.07, 6.45) is -3.12. The highest BCUT2D eigenvalue weighted by Crippen LogP contribution is 2.12. The number of hydrogen-bond acceptors (Lipinski definition) is 13. The molecule has 0 aromatic heterocycles. The Morgan fingerprint density at radius 3 is 1.54 bits per heavy atom. The first-order chi connectivity index (χ1) is 31.7. The lowest BCUT2D eigenvalue weighted by atomic mass is 10.00. The molecule has 22 nitrogen and oxygen atoms in total. The maximum Gasteiger partial charge on any atom is 0.407 e. The van der Waals surface area contributed by atoms with Gasteiger partial charge in [0.05, 0.1) is 12.1 Å². The van der Waals surface area contributed by atoms with Crippen molar-refractivity contribution < 1.29 is 57.7 Å². The third-order valence-electron chi connectivity index (χ3n) is 10.1. The minimum atomic E-state index is -1.52. The summed E-state index contributed by atoms with van der Waals surface area (Å²) in [4.78, 5) is 123. The quantitative estimate of drug-likeness (QED) is 0.125. The van der Waals surface area contributed by atoms with Gasteiger partial charge in [0.2, 0.25) is 41.4 Å². The van der Waals surface area contributed by atoms with Crippen LogP contribution in [-0.4, -0.2) is 138 Å². The molecule has 22 heteroatoms. The van der Waals surface area contributed by atoms with E-state index in [1.807, 2.05) is 0 Å². The van der Waals surface area contributed by atoms with Gasteiger partial charge in [0.15, 0.2) is 0 Å². The first-order valence-electron chi connectivity index (χ1n) is 23.2. The van der Waals surface area contributed by atoms with Crippen molar-refractivity contribution in [2.24, 2.45) is 11.7 Å². The van der Waals surface area contributed by atoms with Crippen molar-refractivity contribution >= 4 is 53.5 Å². The van der Waals surface area contributed by atoms with Crippen molar-refractivity contribution in [1.29, 1.82) is 0 Å². The average molecular weight is 961 g/mol. The van der Waals surface area contributed by atoms with E-state index < -0.39 is 113 Å². The summed E-state index contributed by atoms with van der Waals surface area (Å²) in [7, 11) is 0.